The largest absolute Gasteiger partial charge is 0.454 e. The molecule has 0 aliphatic carbocycles. The minimum absolute atomic E-state index is 0.275. The molecule has 0 amide bonds. The summed E-state index contributed by atoms with van der Waals surface area (Å²) in [6.07, 6.45) is -0.499. The Kier molecular flexibility index (Phi) is 7.61. The predicted octanol–water partition coefficient (Wildman–Crippen LogP) is 1.22. The Hall–Kier alpha value is -1.34. The summed E-state index contributed by atoms with van der Waals surface area (Å²) in [4.78, 5) is 2.34. The fourth-order valence-electron chi connectivity index (χ4n) is 2.45. The van der Waals surface area contributed by atoms with E-state index in [2.05, 4.69) is 24.1 Å². The molecule has 0 aromatic heterocycles. The number of likely N-dealkylation sites (N-methyl/N-ethyl adjacent to an activating group) is 1. The van der Waals surface area contributed by atoms with E-state index in [0.29, 0.717) is 19.8 Å². The summed E-state index contributed by atoms with van der Waals surface area (Å²) >= 11 is 0. The molecule has 0 saturated carbocycles. The third-order valence-corrected chi connectivity index (χ3v) is 3.90. The average molecular weight is 324 g/mol. The highest BCUT2D eigenvalue weighted by Gasteiger charge is 2.13. The zero-order valence-corrected chi connectivity index (χ0v) is 14.1. The van der Waals surface area contributed by atoms with Gasteiger partial charge in [0, 0.05) is 19.6 Å². The van der Waals surface area contributed by atoms with Crippen LogP contribution in [-0.2, 0) is 11.3 Å². The van der Waals surface area contributed by atoms with Gasteiger partial charge in [0.2, 0.25) is 6.79 Å². The van der Waals surface area contributed by atoms with E-state index in [1.165, 1.54) is 0 Å². The number of aliphatic hydroxyl groups excluding tert-OH is 1. The molecule has 1 unspecified atom stereocenters. The van der Waals surface area contributed by atoms with Gasteiger partial charge in [0.25, 0.3) is 0 Å². The number of hydrogen-bond donors (Lipinski definition) is 2. The van der Waals surface area contributed by atoms with Gasteiger partial charge in [-0.1, -0.05) is 19.9 Å². The number of aliphatic hydroxyl groups is 1. The summed E-state index contributed by atoms with van der Waals surface area (Å²) in [5, 5.41) is 13.2. The number of benzene rings is 1. The zero-order chi connectivity index (χ0) is 16.5. The number of fused-ring (bicyclic) bond motifs is 1. The second-order valence-electron chi connectivity index (χ2n) is 5.59. The van der Waals surface area contributed by atoms with Crippen LogP contribution in [0.1, 0.15) is 19.4 Å². The van der Waals surface area contributed by atoms with Crippen molar-refractivity contribution in [1.82, 2.24) is 10.2 Å². The molecule has 130 valence electrons. The molecule has 2 N–H and O–H groups in total. The van der Waals surface area contributed by atoms with Crippen LogP contribution in [0.25, 0.3) is 0 Å². The summed E-state index contributed by atoms with van der Waals surface area (Å²) in [6, 6.07) is 5.74. The molecule has 1 heterocycles. The van der Waals surface area contributed by atoms with Gasteiger partial charge < -0.3 is 29.5 Å². The van der Waals surface area contributed by atoms with Gasteiger partial charge in [0.05, 0.1) is 19.3 Å². The van der Waals surface area contributed by atoms with Gasteiger partial charge >= 0.3 is 0 Å². The van der Waals surface area contributed by atoms with Crippen LogP contribution >= 0.6 is 0 Å². The molecule has 1 aromatic carbocycles. The molecular formula is C17H28N2O4. The Bertz CT molecular complexity index is 466. The monoisotopic (exact) mass is 324 g/mol. The molecule has 23 heavy (non-hydrogen) atoms. The SMILES string of the molecule is CCN(CC)CCNCC(O)COCc1ccc2c(c1)OCO2. The van der Waals surface area contributed by atoms with E-state index < -0.39 is 6.10 Å². The van der Waals surface area contributed by atoms with Crippen molar-refractivity contribution >= 4 is 0 Å². The molecule has 0 saturated heterocycles. The second-order valence-corrected chi connectivity index (χ2v) is 5.59. The fourth-order valence-corrected chi connectivity index (χ4v) is 2.45. The highest BCUT2D eigenvalue weighted by molar-refractivity contribution is 5.44. The van der Waals surface area contributed by atoms with Crippen LogP contribution in [-0.4, -0.2) is 62.2 Å². The van der Waals surface area contributed by atoms with Crippen molar-refractivity contribution in [1.29, 1.82) is 0 Å². The minimum atomic E-state index is -0.499. The third-order valence-electron chi connectivity index (χ3n) is 3.90. The number of nitrogens with zero attached hydrogens (tertiary/aromatic N) is 1. The van der Waals surface area contributed by atoms with E-state index in [1.54, 1.807) is 0 Å². The van der Waals surface area contributed by atoms with Crippen LogP contribution in [0.3, 0.4) is 0 Å². The molecule has 6 nitrogen and oxygen atoms in total. The van der Waals surface area contributed by atoms with E-state index in [4.69, 9.17) is 14.2 Å². The van der Waals surface area contributed by atoms with Crippen molar-refractivity contribution < 1.29 is 19.3 Å². The van der Waals surface area contributed by atoms with Crippen LogP contribution in [0.4, 0.5) is 0 Å². The lowest BCUT2D eigenvalue weighted by Gasteiger charge is -2.19. The molecule has 1 aromatic rings. The van der Waals surface area contributed by atoms with Gasteiger partial charge in [-0.15, -0.1) is 0 Å². The Balaban J connectivity index is 1.57. The molecule has 1 atom stereocenters. The maximum absolute atomic E-state index is 9.92. The number of hydrogen-bond acceptors (Lipinski definition) is 6. The first-order valence-electron chi connectivity index (χ1n) is 8.30. The lowest BCUT2D eigenvalue weighted by Crippen LogP contribution is -2.36. The van der Waals surface area contributed by atoms with Crippen LogP contribution < -0.4 is 14.8 Å². The van der Waals surface area contributed by atoms with E-state index in [-0.39, 0.29) is 6.79 Å². The van der Waals surface area contributed by atoms with Crippen LogP contribution in [0.15, 0.2) is 18.2 Å². The smallest absolute Gasteiger partial charge is 0.231 e. The summed E-state index contributed by atoms with van der Waals surface area (Å²) < 4.78 is 16.2. The Morgan fingerprint density at radius 1 is 1.26 bits per heavy atom. The Labute approximate surface area is 138 Å². The maximum atomic E-state index is 9.92. The Morgan fingerprint density at radius 3 is 2.83 bits per heavy atom. The molecule has 0 bridgehead atoms. The van der Waals surface area contributed by atoms with E-state index in [9.17, 15) is 5.11 Å². The van der Waals surface area contributed by atoms with E-state index in [0.717, 1.165) is 43.2 Å². The zero-order valence-electron chi connectivity index (χ0n) is 14.1. The van der Waals surface area contributed by atoms with Crippen molar-refractivity contribution in [3.63, 3.8) is 0 Å². The molecule has 0 radical (unpaired) electrons. The lowest BCUT2D eigenvalue weighted by atomic mass is 10.2. The summed E-state index contributed by atoms with van der Waals surface area (Å²) in [5.41, 5.74) is 1.01. The summed E-state index contributed by atoms with van der Waals surface area (Å²) in [5.74, 6) is 1.52. The van der Waals surface area contributed by atoms with Gasteiger partial charge in [0.1, 0.15) is 0 Å². The molecule has 0 spiro atoms. The van der Waals surface area contributed by atoms with Crippen LogP contribution in [0, 0.1) is 0 Å². The van der Waals surface area contributed by atoms with Crippen molar-refractivity contribution in [3.8, 4) is 11.5 Å². The van der Waals surface area contributed by atoms with Crippen LogP contribution in [0.2, 0.25) is 0 Å². The maximum Gasteiger partial charge on any atom is 0.231 e. The highest BCUT2D eigenvalue weighted by atomic mass is 16.7. The van der Waals surface area contributed by atoms with Crippen molar-refractivity contribution in [2.75, 3.05) is 46.1 Å². The number of ether oxygens (including phenoxy) is 3. The quantitative estimate of drug-likeness (QED) is 0.597. The highest BCUT2D eigenvalue weighted by Crippen LogP contribution is 2.32. The predicted molar refractivity (Wildman–Crippen MR) is 88.9 cm³/mol. The fraction of sp³-hybridized carbons (Fsp3) is 0.647. The van der Waals surface area contributed by atoms with Gasteiger partial charge in [-0.3, -0.25) is 0 Å². The number of nitrogens with one attached hydrogen (secondary N) is 1. The van der Waals surface area contributed by atoms with E-state index >= 15 is 0 Å². The molecular weight excluding hydrogens is 296 g/mol. The van der Waals surface area contributed by atoms with E-state index in [1.807, 2.05) is 18.2 Å². The first-order chi connectivity index (χ1) is 11.2. The van der Waals surface area contributed by atoms with Gasteiger partial charge in [0.15, 0.2) is 11.5 Å². The second kappa shape index (κ2) is 9.72. The lowest BCUT2D eigenvalue weighted by molar-refractivity contribution is 0.0287. The third kappa shape index (κ3) is 5.99. The van der Waals surface area contributed by atoms with Crippen molar-refractivity contribution in [2.45, 2.75) is 26.6 Å². The van der Waals surface area contributed by atoms with Crippen molar-refractivity contribution in [3.05, 3.63) is 23.8 Å². The molecule has 2 rings (SSSR count). The topological polar surface area (TPSA) is 63.2 Å². The van der Waals surface area contributed by atoms with Crippen molar-refractivity contribution in [2.24, 2.45) is 0 Å². The number of rotatable bonds is 11. The Morgan fingerprint density at radius 2 is 2.04 bits per heavy atom. The average Bonchev–Trinajstić information content (AvgIpc) is 3.03. The van der Waals surface area contributed by atoms with Gasteiger partial charge in [-0.05, 0) is 30.8 Å². The molecule has 0 fully saturated rings. The first kappa shape index (κ1) is 18.0. The summed E-state index contributed by atoms with van der Waals surface area (Å²) in [6.45, 7) is 9.88. The van der Waals surface area contributed by atoms with Crippen LogP contribution in [0.5, 0.6) is 11.5 Å². The normalized spacial score (nSPS) is 14.4. The summed E-state index contributed by atoms with van der Waals surface area (Å²) in [7, 11) is 0. The molecule has 1 aliphatic heterocycles. The van der Waals surface area contributed by atoms with Gasteiger partial charge in [-0.25, -0.2) is 0 Å². The van der Waals surface area contributed by atoms with Gasteiger partial charge in [-0.2, -0.15) is 0 Å². The first-order valence-corrected chi connectivity index (χ1v) is 8.30. The molecule has 1 aliphatic rings. The standard InChI is InChI=1S/C17H28N2O4/c1-3-19(4-2)8-7-18-10-15(20)12-21-11-14-5-6-16-17(9-14)23-13-22-16/h5-6,9,15,18,20H,3-4,7-8,10-13H2,1-2H3. The minimum Gasteiger partial charge on any atom is -0.454 e. The molecule has 6 heteroatoms.